The molecule has 6 nitrogen and oxygen atoms in total. The number of pyridine rings is 1. The van der Waals surface area contributed by atoms with Crippen LogP contribution in [0.4, 0.5) is 5.95 Å². The van der Waals surface area contributed by atoms with Crippen molar-refractivity contribution >= 4 is 11.9 Å². The van der Waals surface area contributed by atoms with E-state index < -0.39 is 0 Å². The molecule has 2 saturated heterocycles. The van der Waals surface area contributed by atoms with Crippen LogP contribution in [0.5, 0.6) is 0 Å². The standard InChI is InChI=1S/C20H25N5O/c1-2-16-11-22-19(23-12-16)25-10-7-20(15-25)6-4-9-24(14-20)18(26)17-5-3-8-21-13-17/h3,5,8,11-13H,2,4,6-7,9-10,14-15H2,1H3. The van der Waals surface area contributed by atoms with Crippen LogP contribution in [0.15, 0.2) is 36.9 Å². The van der Waals surface area contributed by atoms with Gasteiger partial charge >= 0.3 is 0 Å². The van der Waals surface area contributed by atoms with Gasteiger partial charge in [-0.25, -0.2) is 9.97 Å². The van der Waals surface area contributed by atoms with Gasteiger partial charge < -0.3 is 9.80 Å². The number of piperidine rings is 1. The smallest absolute Gasteiger partial charge is 0.255 e. The lowest BCUT2D eigenvalue weighted by molar-refractivity contribution is 0.0556. The highest BCUT2D eigenvalue weighted by Crippen LogP contribution is 2.40. The average molecular weight is 351 g/mol. The van der Waals surface area contributed by atoms with Crippen LogP contribution in [-0.4, -0.2) is 51.9 Å². The van der Waals surface area contributed by atoms with Crippen molar-refractivity contribution in [1.29, 1.82) is 0 Å². The summed E-state index contributed by atoms with van der Waals surface area (Å²) in [7, 11) is 0. The Morgan fingerprint density at radius 1 is 1.15 bits per heavy atom. The number of rotatable bonds is 3. The summed E-state index contributed by atoms with van der Waals surface area (Å²) in [5.41, 5.74) is 1.99. The molecule has 136 valence electrons. The van der Waals surface area contributed by atoms with Gasteiger partial charge in [-0.1, -0.05) is 6.92 Å². The molecule has 0 saturated carbocycles. The van der Waals surface area contributed by atoms with E-state index >= 15 is 0 Å². The van der Waals surface area contributed by atoms with Crippen molar-refractivity contribution in [2.75, 3.05) is 31.1 Å². The van der Waals surface area contributed by atoms with Gasteiger partial charge in [-0.05, 0) is 43.4 Å². The molecule has 2 aliphatic rings. The summed E-state index contributed by atoms with van der Waals surface area (Å²) >= 11 is 0. The normalized spacial score (nSPS) is 22.8. The third kappa shape index (κ3) is 3.28. The SMILES string of the molecule is CCc1cnc(N2CCC3(CCCN(C(=O)c4cccnc4)C3)C2)nc1. The summed E-state index contributed by atoms with van der Waals surface area (Å²) in [4.78, 5) is 30.2. The number of anilines is 1. The third-order valence-electron chi connectivity index (χ3n) is 5.68. The summed E-state index contributed by atoms with van der Waals surface area (Å²) in [6.45, 7) is 5.64. The number of carbonyl (C=O) groups is 1. The van der Waals surface area contributed by atoms with Crippen LogP contribution in [0.25, 0.3) is 0 Å². The van der Waals surface area contributed by atoms with Crippen molar-refractivity contribution in [2.24, 2.45) is 5.41 Å². The maximum atomic E-state index is 12.8. The molecular formula is C20H25N5O. The molecule has 0 N–H and O–H groups in total. The largest absolute Gasteiger partial charge is 0.340 e. The molecule has 2 aromatic rings. The van der Waals surface area contributed by atoms with Crippen LogP contribution >= 0.6 is 0 Å². The molecule has 0 aromatic carbocycles. The van der Waals surface area contributed by atoms with Crippen molar-refractivity contribution in [3.63, 3.8) is 0 Å². The van der Waals surface area contributed by atoms with Gasteiger partial charge in [-0.3, -0.25) is 9.78 Å². The quantitative estimate of drug-likeness (QED) is 0.850. The van der Waals surface area contributed by atoms with Gasteiger partial charge in [0.05, 0.1) is 5.56 Å². The molecule has 2 fully saturated rings. The molecule has 0 aliphatic carbocycles. The first-order chi connectivity index (χ1) is 12.7. The number of aryl methyl sites for hydroxylation is 1. The highest BCUT2D eigenvalue weighted by atomic mass is 16.2. The molecule has 1 amide bonds. The summed E-state index contributed by atoms with van der Waals surface area (Å²) in [6.07, 6.45) is 11.5. The fraction of sp³-hybridized carbons (Fsp3) is 0.500. The summed E-state index contributed by atoms with van der Waals surface area (Å²) < 4.78 is 0. The lowest BCUT2D eigenvalue weighted by Crippen LogP contribution is -2.47. The van der Waals surface area contributed by atoms with Gasteiger partial charge in [-0.2, -0.15) is 0 Å². The number of likely N-dealkylation sites (tertiary alicyclic amines) is 1. The minimum Gasteiger partial charge on any atom is -0.340 e. The van der Waals surface area contributed by atoms with Gasteiger partial charge in [0, 0.05) is 56.4 Å². The fourth-order valence-electron chi connectivity index (χ4n) is 4.19. The van der Waals surface area contributed by atoms with Crippen molar-refractivity contribution in [1.82, 2.24) is 19.9 Å². The Labute approximate surface area is 154 Å². The van der Waals surface area contributed by atoms with Gasteiger partial charge in [0.15, 0.2) is 0 Å². The molecule has 2 aliphatic heterocycles. The molecule has 1 atom stereocenters. The first-order valence-corrected chi connectivity index (χ1v) is 9.44. The van der Waals surface area contributed by atoms with E-state index in [9.17, 15) is 4.79 Å². The number of carbonyl (C=O) groups excluding carboxylic acids is 1. The highest BCUT2D eigenvalue weighted by molar-refractivity contribution is 5.94. The number of hydrogen-bond donors (Lipinski definition) is 0. The zero-order valence-electron chi connectivity index (χ0n) is 15.3. The van der Waals surface area contributed by atoms with Crippen molar-refractivity contribution in [3.8, 4) is 0 Å². The summed E-state index contributed by atoms with van der Waals surface area (Å²) in [6, 6.07) is 3.67. The van der Waals surface area contributed by atoms with Crippen LogP contribution in [0, 0.1) is 5.41 Å². The molecule has 2 aromatic heterocycles. The zero-order valence-corrected chi connectivity index (χ0v) is 15.3. The molecule has 4 rings (SSSR count). The topological polar surface area (TPSA) is 62.2 Å². The van der Waals surface area contributed by atoms with E-state index in [1.54, 1.807) is 12.4 Å². The second-order valence-electron chi connectivity index (χ2n) is 7.49. The predicted molar refractivity (Wildman–Crippen MR) is 100 cm³/mol. The monoisotopic (exact) mass is 351 g/mol. The van der Waals surface area contributed by atoms with E-state index in [2.05, 4.69) is 26.8 Å². The molecule has 1 unspecified atom stereocenters. The Bertz CT molecular complexity index is 764. The molecule has 6 heteroatoms. The Morgan fingerprint density at radius 2 is 2.00 bits per heavy atom. The average Bonchev–Trinajstić information content (AvgIpc) is 3.11. The van der Waals surface area contributed by atoms with E-state index in [1.165, 1.54) is 0 Å². The van der Waals surface area contributed by atoms with E-state index in [4.69, 9.17) is 0 Å². The van der Waals surface area contributed by atoms with Crippen LogP contribution in [0.2, 0.25) is 0 Å². The lowest BCUT2D eigenvalue weighted by atomic mass is 9.79. The Hall–Kier alpha value is -2.50. The molecule has 0 radical (unpaired) electrons. The van der Waals surface area contributed by atoms with Gasteiger partial charge in [-0.15, -0.1) is 0 Å². The summed E-state index contributed by atoms with van der Waals surface area (Å²) in [5.74, 6) is 0.911. The van der Waals surface area contributed by atoms with Crippen molar-refractivity contribution in [3.05, 3.63) is 48.0 Å². The molecule has 26 heavy (non-hydrogen) atoms. The number of hydrogen-bond acceptors (Lipinski definition) is 5. The zero-order chi connectivity index (χ0) is 18.0. The van der Waals surface area contributed by atoms with E-state index in [-0.39, 0.29) is 11.3 Å². The minimum atomic E-state index is 0.0965. The second-order valence-corrected chi connectivity index (χ2v) is 7.49. The first kappa shape index (κ1) is 16.9. The van der Waals surface area contributed by atoms with Crippen LogP contribution in [0.3, 0.4) is 0 Å². The Morgan fingerprint density at radius 3 is 2.73 bits per heavy atom. The lowest BCUT2D eigenvalue weighted by Gasteiger charge is -2.40. The van der Waals surface area contributed by atoms with E-state index in [0.717, 1.165) is 63.4 Å². The van der Waals surface area contributed by atoms with Crippen LogP contribution in [-0.2, 0) is 6.42 Å². The number of nitrogens with zero attached hydrogens (tertiary/aromatic N) is 5. The Kier molecular flexibility index (Phi) is 4.57. The maximum absolute atomic E-state index is 12.8. The minimum absolute atomic E-state index is 0.0965. The van der Waals surface area contributed by atoms with E-state index in [1.807, 2.05) is 29.4 Å². The van der Waals surface area contributed by atoms with Crippen molar-refractivity contribution < 1.29 is 4.79 Å². The Balaban J connectivity index is 1.46. The first-order valence-electron chi connectivity index (χ1n) is 9.44. The van der Waals surface area contributed by atoms with Gasteiger partial charge in [0.2, 0.25) is 5.95 Å². The van der Waals surface area contributed by atoms with Crippen molar-refractivity contribution in [2.45, 2.75) is 32.6 Å². The maximum Gasteiger partial charge on any atom is 0.255 e. The number of aromatic nitrogens is 3. The number of amides is 1. The molecule has 1 spiro atoms. The second kappa shape index (κ2) is 7.02. The van der Waals surface area contributed by atoms with Gasteiger partial charge in [0.1, 0.15) is 0 Å². The fourth-order valence-corrected chi connectivity index (χ4v) is 4.19. The third-order valence-corrected chi connectivity index (χ3v) is 5.68. The highest BCUT2D eigenvalue weighted by Gasteiger charge is 2.43. The van der Waals surface area contributed by atoms with Gasteiger partial charge in [0.25, 0.3) is 5.91 Å². The van der Waals surface area contributed by atoms with Crippen LogP contribution in [0.1, 0.15) is 42.1 Å². The molecule has 0 bridgehead atoms. The van der Waals surface area contributed by atoms with Crippen LogP contribution < -0.4 is 4.90 Å². The molecular weight excluding hydrogens is 326 g/mol. The van der Waals surface area contributed by atoms with E-state index in [0.29, 0.717) is 5.56 Å². The molecule has 4 heterocycles. The summed E-state index contributed by atoms with van der Waals surface area (Å²) in [5, 5.41) is 0. The predicted octanol–water partition coefficient (Wildman–Crippen LogP) is 2.57.